The number of aryl methyl sites for hydroxylation is 6. The fourth-order valence-corrected chi connectivity index (χ4v) is 9.95. The standard InChI is InChI=1S/C60H48N2/c1-37-15-23-45(24-16-37)61(46-25-17-38(2)18-26-46)55-36-56(62(47-27-19-39(3)20-28-47)48-29-21-40(4)22-30-48)59-52-14-10-8-12-50(52)54-35-44(43-32-41(5)31-42(6)33-43)34-53-49-11-7-9-13-51(49)58(55)60(59)57(53)54/h7-36H,1-6H3. The second kappa shape index (κ2) is 14.6. The summed E-state index contributed by atoms with van der Waals surface area (Å²) in [7, 11) is 0. The Morgan fingerprint density at radius 1 is 0.242 bits per heavy atom. The number of hydrogen-bond donors (Lipinski definition) is 0. The van der Waals surface area contributed by atoms with Gasteiger partial charge in [-0.15, -0.1) is 0 Å². The highest BCUT2D eigenvalue weighted by molar-refractivity contribution is 6.44. The summed E-state index contributed by atoms with van der Waals surface area (Å²) in [6, 6.07) is 68.7. The Balaban J connectivity index is 1.40. The minimum atomic E-state index is 1.11. The largest absolute Gasteiger partial charge is 0.310 e. The Hall–Kier alpha value is -7.42. The van der Waals surface area contributed by atoms with E-state index in [1.54, 1.807) is 0 Å². The quantitative estimate of drug-likeness (QED) is 0.117. The Labute approximate surface area is 364 Å². The molecule has 62 heavy (non-hydrogen) atoms. The predicted molar refractivity (Wildman–Crippen MR) is 268 cm³/mol. The zero-order valence-electron chi connectivity index (χ0n) is 36.2. The summed E-state index contributed by atoms with van der Waals surface area (Å²) >= 11 is 0. The van der Waals surface area contributed by atoms with E-state index in [1.165, 1.54) is 98.4 Å². The topological polar surface area (TPSA) is 6.48 Å². The molecule has 0 radical (unpaired) electrons. The predicted octanol–water partition coefficient (Wildman–Crippen LogP) is 17.3. The van der Waals surface area contributed by atoms with Gasteiger partial charge >= 0.3 is 0 Å². The summed E-state index contributed by atoms with van der Waals surface area (Å²) in [6.07, 6.45) is 0. The summed E-state index contributed by atoms with van der Waals surface area (Å²) in [6.45, 7) is 13.1. The molecular formula is C60H48N2. The van der Waals surface area contributed by atoms with E-state index in [1.807, 2.05) is 0 Å². The van der Waals surface area contributed by atoms with E-state index in [2.05, 4.69) is 233 Å². The van der Waals surface area contributed by atoms with Crippen molar-refractivity contribution in [3.05, 3.63) is 215 Å². The second-order valence-corrected chi connectivity index (χ2v) is 17.5. The molecule has 0 aliphatic heterocycles. The van der Waals surface area contributed by atoms with Gasteiger partial charge in [0.05, 0.1) is 11.4 Å². The summed E-state index contributed by atoms with van der Waals surface area (Å²) in [5.74, 6) is 0. The lowest BCUT2D eigenvalue weighted by Crippen LogP contribution is -2.15. The fourth-order valence-electron chi connectivity index (χ4n) is 9.95. The maximum atomic E-state index is 2.49. The van der Waals surface area contributed by atoms with Crippen LogP contribution in [0.3, 0.4) is 0 Å². The van der Waals surface area contributed by atoms with Gasteiger partial charge in [0.15, 0.2) is 0 Å². The van der Waals surface area contributed by atoms with Crippen LogP contribution in [0.1, 0.15) is 33.4 Å². The van der Waals surface area contributed by atoms with Crippen LogP contribution in [0.5, 0.6) is 0 Å². The van der Waals surface area contributed by atoms with Crippen molar-refractivity contribution in [2.75, 3.05) is 9.80 Å². The van der Waals surface area contributed by atoms with Gasteiger partial charge in [0.25, 0.3) is 0 Å². The third-order valence-corrected chi connectivity index (χ3v) is 12.9. The Bertz CT molecular complexity index is 3170. The van der Waals surface area contributed by atoms with E-state index in [0.29, 0.717) is 0 Å². The third-order valence-electron chi connectivity index (χ3n) is 12.9. The molecule has 0 saturated carbocycles. The SMILES string of the molecule is Cc1ccc(N(c2ccc(C)cc2)c2cc(N(c3ccc(C)cc3)c3ccc(C)cc3)c3c4ccccc4c4cc(-c5cc(C)cc(C)c5)cc5c6ccccc6c2c3c54)cc1. The van der Waals surface area contributed by atoms with Gasteiger partial charge in [-0.2, -0.15) is 0 Å². The number of hydrogen-bond acceptors (Lipinski definition) is 2. The van der Waals surface area contributed by atoms with Crippen LogP contribution in [0.2, 0.25) is 0 Å². The minimum Gasteiger partial charge on any atom is -0.310 e. The van der Waals surface area contributed by atoms with Gasteiger partial charge in [-0.25, -0.2) is 0 Å². The lowest BCUT2D eigenvalue weighted by atomic mass is 9.82. The number of benzene rings is 11. The normalized spacial score (nSPS) is 11.7. The van der Waals surface area contributed by atoms with Gasteiger partial charge in [-0.1, -0.05) is 149 Å². The summed E-state index contributed by atoms with van der Waals surface area (Å²) < 4.78 is 0. The van der Waals surface area contributed by atoms with Gasteiger partial charge in [-0.05, 0) is 157 Å². The van der Waals surface area contributed by atoms with Crippen LogP contribution in [0.15, 0.2) is 182 Å². The summed E-state index contributed by atoms with van der Waals surface area (Å²) in [5.41, 5.74) is 16.7. The molecule has 0 fully saturated rings. The van der Waals surface area contributed by atoms with Crippen LogP contribution < -0.4 is 9.80 Å². The average molecular weight is 797 g/mol. The van der Waals surface area contributed by atoms with E-state index < -0.39 is 0 Å². The molecule has 11 aromatic rings. The van der Waals surface area contributed by atoms with Crippen molar-refractivity contribution in [2.24, 2.45) is 0 Å². The van der Waals surface area contributed by atoms with Gasteiger partial charge in [0.1, 0.15) is 0 Å². The molecule has 298 valence electrons. The molecule has 0 atom stereocenters. The molecule has 11 rings (SSSR count). The Kier molecular flexibility index (Phi) is 8.87. The van der Waals surface area contributed by atoms with E-state index in [-0.39, 0.29) is 0 Å². The van der Waals surface area contributed by atoms with Crippen LogP contribution in [0.25, 0.3) is 65.0 Å². The number of rotatable bonds is 7. The first-order valence-electron chi connectivity index (χ1n) is 21.7. The molecule has 0 aliphatic rings. The molecule has 0 saturated heterocycles. The molecule has 0 unspecified atom stereocenters. The lowest BCUT2D eigenvalue weighted by Gasteiger charge is -2.33. The summed E-state index contributed by atoms with van der Waals surface area (Å²) in [4.78, 5) is 4.98. The molecule has 0 heterocycles. The van der Waals surface area contributed by atoms with Gasteiger partial charge < -0.3 is 9.80 Å². The van der Waals surface area contributed by atoms with E-state index in [4.69, 9.17) is 0 Å². The molecule has 2 nitrogen and oxygen atoms in total. The smallest absolute Gasteiger partial charge is 0.0567 e. The molecule has 0 aliphatic carbocycles. The molecule has 0 spiro atoms. The van der Waals surface area contributed by atoms with Crippen molar-refractivity contribution in [3.63, 3.8) is 0 Å². The highest BCUT2D eigenvalue weighted by Crippen LogP contribution is 2.55. The fraction of sp³-hybridized carbons (Fsp3) is 0.100. The minimum absolute atomic E-state index is 1.11. The first kappa shape index (κ1) is 37.6. The zero-order valence-corrected chi connectivity index (χ0v) is 36.2. The molecule has 0 aromatic heterocycles. The first-order valence-corrected chi connectivity index (χ1v) is 21.7. The third kappa shape index (κ3) is 6.17. The van der Waals surface area contributed by atoms with Crippen molar-refractivity contribution in [2.45, 2.75) is 41.5 Å². The number of anilines is 6. The summed E-state index contributed by atoms with van der Waals surface area (Å²) in [5, 5.41) is 12.6. The second-order valence-electron chi connectivity index (χ2n) is 17.5. The molecular weight excluding hydrogens is 749 g/mol. The maximum absolute atomic E-state index is 2.49. The highest BCUT2D eigenvalue weighted by Gasteiger charge is 2.28. The van der Waals surface area contributed by atoms with Crippen LogP contribution >= 0.6 is 0 Å². The molecule has 0 N–H and O–H groups in total. The van der Waals surface area contributed by atoms with Crippen molar-refractivity contribution in [1.29, 1.82) is 0 Å². The van der Waals surface area contributed by atoms with Crippen molar-refractivity contribution >= 4 is 88.0 Å². The maximum Gasteiger partial charge on any atom is 0.0567 e. The Morgan fingerprint density at radius 2 is 0.565 bits per heavy atom. The van der Waals surface area contributed by atoms with Gasteiger partial charge in [0, 0.05) is 38.9 Å². The van der Waals surface area contributed by atoms with Gasteiger partial charge in [-0.3, -0.25) is 0 Å². The monoisotopic (exact) mass is 796 g/mol. The molecule has 0 bridgehead atoms. The van der Waals surface area contributed by atoms with E-state index >= 15 is 0 Å². The van der Waals surface area contributed by atoms with Crippen molar-refractivity contribution in [1.82, 2.24) is 0 Å². The van der Waals surface area contributed by atoms with Crippen molar-refractivity contribution in [3.8, 4) is 11.1 Å². The molecule has 2 heteroatoms. The van der Waals surface area contributed by atoms with Crippen LogP contribution in [0, 0.1) is 41.5 Å². The zero-order chi connectivity index (χ0) is 42.2. The number of nitrogens with zero attached hydrogens (tertiary/aromatic N) is 2. The first-order chi connectivity index (χ1) is 30.2. The number of fused-ring (bicyclic) bond motifs is 6. The molecule has 11 aromatic carbocycles. The Morgan fingerprint density at radius 3 is 0.919 bits per heavy atom. The highest BCUT2D eigenvalue weighted by atomic mass is 15.2. The van der Waals surface area contributed by atoms with E-state index in [9.17, 15) is 0 Å². The average Bonchev–Trinajstić information content (AvgIpc) is 3.28. The molecule has 0 amide bonds. The lowest BCUT2D eigenvalue weighted by molar-refractivity contribution is 1.26. The van der Waals surface area contributed by atoms with E-state index in [0.717, 1.165) is 34.1 Å². The van der Waals surface area contributed by atoms with Crippen molar-refractivity contribution < 1.29 is 0 Å². The van der Waals surface area contributed by atoms with Crippen LogP contribution in [-0.2, 0) is 0 Å². The van der Waals surface area contributed by atoms with Crippen LogP contribution in [0.4, 0.5) is 34.1 Å². The van der Waals surface area contributed by atoms with Crippen LogP contribution in [-0.4, -0.2) is 0 Å². The van der Waals surface area contributed by atoms with Gasteiger partial charge in [0.2, 0.25) is 0 Å².